The molecule has 178 valence electrons. The van der Waals surface area contributed by atoms with Crippen molar-refractivity contribution in [2.75, 3.05) is 20.3 Å². The highest BCUT2D eigenvalue weighted by molar-refractivity contribution is 5.72. The molecule has 0 saturated carbocycles. The molecule has 0 amide bonds. The van der Waals surface area contributed by atoms with Crippen molar-refractivity contribution >= 4 is 11.2 Å². The van der Waals surface area contributed by atoms with Crippen molar-refractivity contribution in [3.63, 3.8) is 0 Å². The number of rotatable bonds is 5. The van der Waals surface area contributed by atoms with Crippen LogP contribution in [0.5, 0.6) is 17.4 Å². The lowest BCUT2D eigenvalue weighted by atomic mass is 9.88. The van der Waals surface area contributed by atoms with E-state index in [4.69, 9.17) is 14.2 Å². The number of methoxy groups -OCH3 is 1. The Kier molecular flexibility index (Phi) is 5.54. The third-order valence-corrected chi connectivity index (χ3v) is 6.52. The molecule has 0 saturated heterocycles. The summed E-state index contributed by atoms with van der Waals surface area (Å²) in [6.07, 6.45) is 5.90. The molecule has 1 N–H and O–H groups in total. The van der Waals surface area contributed by atoms with Gasteiger partial charge in [-0.05, 0) is 48.6 Å². The fourth-order valence-corrected chi connectivity index (χ4v) is 4.73. The third kappa shape index (κ3) is 4.19. The number of hydrogen-bond donors (Lipinski definition) is 1. The molecule has 35 heavy (non-hydrogen) atoms. The first-order valence-corrected chi connectivity index (χ1v) is 11.7. The van der Waals surface area contributed by atoms with Crippen LogP contribution in [0.25, 0.3) is 16.9 Å². The molecule has 0 bridgehead atoms. The molecule has 4 heterocycles. The Morgan fingerprint density at radius 2 is 1.94 bits per heavy atom. The number of nitrogens with zero attached hydrogens (tertiary/aromatic N) is 4. The summed E-state index contributed by atoms with van der Waals surface area (Å²) in [6, 6.07) is 12.0. The summed E-state index contributed by atoms with van der Waals surface area (Å²) in [6.45, 7) is 1.79. The molecule has 9 nitrogen and oxygen atoms in total. The van der Waals surface area contributed by atoms with E-state index in [0.29, 0.717) is 48.6 Å². The summed E-state index contributed by atoms with van der Waals surface area (Å²) >= 11 is 0. The smallest absolute Gasteiger partial charge is 0.275 e. The zero-order valence-electron chi connectivity index (χ0n) is 19.4. The van der Waals surface area contributed by atoms with Crippen LogP contribution in [-0.2, 0) is 19.4 Å². The van der Waals surface area contributed by atoms with Gasteiger partial charge in [-0.15, -0.1) is 0 Å². The molecule has 1 aliphatic heterocycles. The highest BCUT2D eigenvalue weighted by Crippen LogP contribution is 2.30. The maximum Gasteiger partial charge on any atom is 0.275 e. The molecule has 0 spiro atoms. The fourth-order valence-electron chi connectivity index (χ4n) is 4.73. The van der Waals surface area contributed by atoms with Crippen molar-refractivity contribution in [2.24, 2.45) is 0 Å². The number of hydrogen-bond acceptors (Lipinski definition) is 8. The van der Waals surface area contributed by atoms with Crippen molar-refractivity contribution in [1.82, 2.24) is 24.8 Å². The second-order valence-electron chi connectivity index (χ2n) is 8.72. The number of aryl methyl sites for hydroxylation is 1. The Morgan fingerprint density at radius 1 is 1.06 bits per heavy atom. The molecule has 1 aliphatic carbocycles. The first-order valence-electron chi connectivity index (χ1n) is 11.7. The van der Waals surface area contributed by atoms with Gasteiger partial charge in [-0.25, -0.2) is 4.98 Å². The molecule has 4 aromatic rings. The van der Waals surface area contributed by atoms with Crippen molar-refractivity contribution in [3.05, 3.63) is 76.0 Å². The molecule has 1 atom stereocenters. The average molecular weight is 472 g/mol. The SMILES string of the molecule is COc1ccc2ncc(=O)n(-c3ccc4c(c3)CC[C@@H](NCc3cc5c(cn3)OCCO5)C4)c2n1. The van der Waals surface area contributed by atoms with Crippen LogP contribution in [0, 0.1) is 0 Å². The van der Waals surface area contributed by atoms with Gasteiger partial charge in [-0.2, -0.15) is 4.98 Å². The molecular weight excluding hydrogens is 446 g/mol. The van der Waals surface area contributed by atoms with Crippen LogP contribution in [-0.4, -0.2) is 45.9 Å². The Labute approximate surface area is 201 Å². The first-order chi connectivity index (χ1) is 17.2. The Hall–Kier alpha value is -3.98. The number of benzene rings is 1. The van der Waals surface area contributed by atoms with E-state index in [1.54, 1.807) is 23.9 Å². The van der Waals surface area contributed by atoms with Gasteiger partial charge in [-0.1, -0.05) is 6.07 Å². The van der Waals surface area contributed by atoms with Crippen molar-refractivity contribution in [3.8, 4) is 23.1 Å². The molecular formula is C26H25N5O4. The van der Waals surface area contributed by atoms with Gasteiger partial charge in [0.25, 0.3) is 5.56 Å². The summed E-state index contributed by atoms with van der Waals surface area (Å²) in [5.41, 5.74) is 5.15. The van der Waals surface area contributed by atoms with E-state index in [2.05, 4.69) is 32.4 Å². The molecule has 0 fully saturated rings. The summed E-state index contributed by atoms with van der Waals surface area (Å²) in [5.74, 6) is 1.91. The van der Waals surface area contributed by atoms with Crippen LogP contribution >= 0.6 is 0 Å². The van der Waals surface area contributed by atoms with Gasteiger partial charge in [0.05, 0.1) is 30.9 Å². The summed E-state index contributed by atoms with van der Waals surface area (Å²) in [7, 11) is 1.56. The van der Waals surface area contributed by atoms with Gasteiger partial charge in [0.2, 0.25) is 5.88 Å². The number of fused-ring (bicyclic) bond motifs is 3. The van der Waals surface area contributed by atoms with Crippen LogP contribution in [0.4, 0.5) is 0 Å². The Balaban J connectivity index is 1.21. The monoisotopic (exact) mass is 471 g/mol. The molecule has 1 aromatic carbocycles. The van der Waals surface area contributed by atoms with E-state index in [1.165, 1.54) is 17.3 Å². The minimum Gasteiger partial charge on any atom is -0.486 e. The summed E-state index contributed by atoms with van der Waals surface area (Å²) < 4.78 is 18.1. The van der Waals surface area contributed by atoms with Crippen molar-refractivity contribution in [2.45, 2.75) is 31.8 Å². The van der Waals surface area contributed by atoms with Crippen LogP contribution in [0.15, 0.2) is 53.6 Å². The maximum absolute atomic E-state index is 12.7. The molecule has 3 aromatic heterocycles. The quantitative estimate of drug-likeness (QED) is 0.474. The van der Waals surface area contributed by atoms with Gasteiger partial charge in [0, 0.05) is 24.7 Å². The lowest BCUT2D eigenvalue weighted by Crippen LogP contribution is -2.34. The van der Waals surface area contributed by atoms with E-state index >= 15 is 0 Å². The van der Waals surface area contributed by atoms with E-state index < -0.39 is 0 Å². The van der Waals surface area contributed by atoms with Gasteiger partial charge < -0.3 is 19.5 Å². The average Bonchev–Trinajstić information content (AvgIpc) is 2.91. The highest BCUT2D eigenvalue weighted by Gasteiger charge is 2.20. The zero-order chi connectivity index (χ0) is 23.8. The summed E-state index contributed by atoms with van der Waals surface area (Å²) in [4.78, 5) is 26.0. The third-order valence-electron chi connectivity index (χ3n) is 6.52. The molecule has 9 heteroatoms. The largest absolute Gasteiger partial charge is 0.486 e. The van der Waals surface area contributed by atoms with E-state index in [9.17, 15) is 4.79 Å². The lowest BCUT2D eigenvalue weighted by Gasteiger charge is -2.26. The number of ether oxygens (including phenoxy) is 3. The molecule has 2 aliphatic rings. The fraction of sp³-hybridized carbons (Fsp3) is 0.308. The second kappa shape index (κ2) is 8.99. The van der Waals surface area contributed by atoms with Crippen molar-refractivity contribution < 1.29 is 14.2 Å². The van der Waals surface area contributed by atoms with E-state index in [1.807, 2.05) is 18.2 Å². The molecule has 0 radical (unpaired) electrons. The van der Waals surface area contributed by atoms with Crippen LogP contribution in [0.2, 0.25) is 0 Å². The predicted octanol–water partition coefficient (Wildman–Crippen LogP) is 2.60. The lowest BCUT2D eigenvalue weighted by molar-refractivity contribution is 0.170. The van der Waals surface area contributed by atoms with Gasteiger partial charge in [0.15, 0.2) is 17.1 Å². The predicted molar refractivity (Wildman–Crippen MR) is 130 cm³/mol. The zero-order valence-corrected chi connectivity index (χ0v) is 19.4. The Bertz CT molecular complexity index is 1470. The number of nitrogens with one attached hydrogen (secondary N) is 1. The van der Waals surface area contributed by atoms with Crippen molar-refractivity contribution in [1.29, 1.82) is 0 Å². The number of aromatic nitrogens is 4. The molecule has 0 unspecified atom stereocenters. The maximum atomic E-state index is 12.7. The first kappa shape index (κ1) is 21.5. The minimum absolute atomic E-state index is 0.222. The van der Waals surface area contributed by atoms with Crippen LogP contribution in [0.1, 0.15) is 23.2 Å². The highest BCUT2D eigenvalue weighted by atomic mass is 16.6. The van der Waals surface area contributed by atoms with Gasteiger partial charge >= 0.3 is 0 Å². The van der Waals surface area contributed by atoms with Gasteiger partial charge in [-0.3, -0.25) is 14.3 Å². The number of pyridine rings is 2. The normalized spacial score (nSPS) is 16.7. The standard InChI is InChI=1S/C26H25N5O4/c1-33-24-7-6-21-26(30-24)31(25(32)15-29-21)20-5-3-16-10-18(4-2-17(16)11-20)27-13-19-12-22-23(14-28-19)35-9-8-34-22/h3,5-7,11-12,14-15,18,27H,2,4,8-10,13H2,1H3/t18-/m1/s1. The van der Waals surface area contributed by atoms with E-state index in [-0.39, 0.29) is 5.56 Å². The van der Waals surface area contributed by atoms with Crippen LogP contribution in [0.3, 0.4) is 0 Å². The summed E-state index contributed by atoms with van der Waals surface area (Å²) in [5, 5.41) is 3.63. The second-order valence-corrected chi connectivity index (χ2v) is 8.72. The molecule has 6 rings (SSSR count). The van der Waals surface area contributed by atoms with E-state index in [0.717, 1.165) is 36.4 Å². The minimum atomic E-state index is -0.222. The topological polar surface area (TPSA) is 100 Å². The van der Waals surface area contributed by atoms with Gasteiger partial charge in [0.1, 0.15) is 18.7 Å². The Morgan fingerprint density at radius 3 is 2.83 bits per heavy atom. The van der Waals surface area contributed by atoms with Crippen LogP contribution < -0.4 is 25.1 Å².